The number of ether oxygens (including phenoxy) is 1. The van der Waals surface area contributed by atoms with Gasteiger partial charge < -0.3 is 20.3 Å². The van der Waals surface area contributed by atoms with Crippen molar-refractivity contribution in [2.75, 3.05) is 13.2 Å². The number of hydrogen-bond donors (Lipinski definition) is 3. The van der Waals surface area contributed by atoms with E-state index in [1.54, 1.807) is 6.08 Å². The number of unbranched alkanes of at least 4 members (excludes halogenated alkanes) is 54. The second-order valence-corrected chi connectivity index (χ2v) is 24.6. The Morgan fingerprint density at radius 2 is 0.603 bits per heavy atom. The van der Waals surface area contributed by atoms with Gasteiger partial charge in [0.15, 0.2) is 0 Å². The zero-order chi connectivity index (χ0) is 56.4. The highest BCUT2D eigenvalue weighted by Gasteiger charge is 2.18. The van der Waals surface area contributed by atoms with Crippen LogP contribution >= 0.6 is 0 Å². The van der Waals surface area contributed by atoms with E-state index >= 15 is 0 Å². The quantitative estimate of drug-likeness (QED) is 0.0320. The molecule has 0 aromatic carbocycles. The van der Waals surface area contributed by atoms with Crippen molar-refractivity contribution in [3.8, 4) is 0 Å². The Morgan fingerprint density at radius 1 is 0.346 bits per heavy atom. The van der Waals surface area contributed by atoms with E-state index in [1.165, 1.54) is 334 Å². The fraction of sp³-hybridized carbons (Fsp3) is 0.917. The van der Waals surface area contributed by atoms with E-state index in [9.17, 15) is 19.8 Å². The van der Waals surface area contributed by atoms with Crippen LogP contribution in [-0.4, -0.2) is 47.4 Å². The van der Waals surface area contributed by atoms with Crippen LogP contribution in [0.4, 0.5) is 0 Å². The maximum absolute atomic E-state index is 12.5. The van der Waals surface area contributed by atoms with E-state index in [0.717, 1.165) is 38.5 Å². The van der Waals surface area contributed by atoms with Gasteiger partial charge in [0.05, 0.1) is 25.4 Å². The number of carbonyl (C=O) groups excluding carboxylic acids is 2. The van der Waals surface area contributed by atoms with Gasteiger partial charge in [-0.05, 0) is 57.8 Å². The maximum atomic E-state index is 12.5. The molecule has 0 aromatic rings. The van der Waals surface area contributed by atoms with Gasteiger partial charge in [-0.15, -0.1) is 0 Å². The summed E-state index contributed by atoms with van der Waals surface area (Å²) in [6, 6.07) is -0.630. The van der Waals surface area contributed by atoms with Crippen molar-refractivity contribution in [2.45, 2.75) is 411 Å². The lowest BCUT2D eigenvalue weighted by atomic mass is 10.0. The number of esters is 1. The van der Waals surface area contributed by atoms with Crippen molar-refractivity contribution < 1.29 is 24.5 Å². The number of carbonyl (C=O) groups is 2. The minimum absolute atomic E-state index is 0.0182. The summed E-state index contributed by atoms with van der Waals surface area (Å²) in [6.07, 6.45) is 85.4. The molecule has 0 aliphatic heterocycles. The number of allylic oxidation sites excluding steroid dienone is 3. The monoisotopic (exact) mass is 1100 g/mol. The Labute approximate surface area is 488 Å². The third-order valence-electron chi connectivity index (χ3n) is 16.7. The number of nitrogens with one attached hydrogen (secondary N) is 1. The number of hydrogen-bond acceptors (Lipinski definition) is 5. The molecule has 0 aromatic heterocycles. The average Bonchev–Trinajstić information content (AvgIpc) is 3.44. The Bertz CT molecular complexity index is 1220. The van der Waals surface area contributed by atoms with E-state index in [2.05, 4.69) is 31.3 Å². The van der Waals surface area contributed by atoms with Gasteiger partial charge in [0.1, 0.15) is 0 Å². The minimum Gasteiger partial charge on any atom is -0.466 e. The molecule has 2 atom stereocenters. The molecule has 1 amide bonds. The first-order valence-electron chi connectivity index (χ1n) is 35.6. The van der Waals surface area contributed by atoms with Gasteiger partial charge in [0, 0.05) is 12.8 Å². The molecule has 6 nitrogen and oxygen atoms in total. The molecule has 0 bridgehead atoms. The molecule has 0 saturated heterocycles. The lowest BCUT2D eigenvalue weighted by molar-refractivity contribution is -0.143. The second-order valence-electron chi connectivity index (χ2n) is 24.6. The molecular weight excluding hydrogens is 959 g/mol. The van der Waals surface area contributed by atoms with Crippen LogP contribution in [0.1, 0.15) is 399 Å². The molecule has 462 valence electrons. The van der Waals surface area contributed by atoms with Crippen molar-refractivity contribution in [1.82, 2.24) is 5.32 Å². The van der Waals surface area contributed by atoms with Gasteiger partial charge in [0.2, 0.25) is 5.91 Å². The highest BCUT2D eigenvalue weighted by atomic mass is 16.5. The zero-order valence-electron chi connectivity index (χ0n) is 52.9. The van der Waals surface area contributed by atoms with Gasteiger partial charge in [-0.1, -0.05) is 353 Å². The van der Waals surface area contributed by atoms with E-state index in [-0.39, 0.29) is 18.5 Å². The van der Waals surface area contributed by atoms with Crippen molar-refractivity contribution >= 4 is 11.9 Å². The van der Waals surface area contributed by atoms with Crippen molar-refractivity contribution in [1.29, 1.82) is 0 Å². The normalized spacial score (nSPS) is 12.6. The Morgan fingerprint density at radius 3 is 0.910 bits per heavy atom. The van der Waals surface area contributed by atoms with E-state index in [1.807, 2.05) is 6.08 Å². The molecule has 6 heteroatoms. The SMILES string of the molecule is CCCCCCCCCCCCCCCCCCC/C=C/C(O)C(CO)NC(=O)CCCCCCCCCCCC/C=C\CCCCCCCCCCCCCCOC(=O)CCCCCCCCCCCCCCCCCC. The number of amides is 1. The van der Waals surface area contributed by atoms with Crippen LogP contribution in [0.15, 0.2) is 24.3 Å². The van der Waals surface area contributed by atoms with Crippen LogP contribution in [0.5, 0.6) is 0 Å². The van der Waals surface area contributed by atoms with Crippen molar-refractivity contribution in [2.24, 2.45) is 0 Å². The van der Waals surface area contributed by atoms with Crippen LogP contribution in [0.25, 0.3) is 0 Å². The average molecular weight is 1100 g/mol. The van der Waals surface area contributed by atoms with E-state index in [4.69, 9.17) is 4.74 Å². The summed E-state index contributed by atoms with van der Waals surface area (Å²) in [5.41, 5.74) is 0. The molecular formula is C72H139NO5. The fourth-order valence-electron chi connectivity index (χ4n) is 11.3. The highest BCUT2D eigenvalue weighted by Crippen LogP contribution is 2.19. The van der Waals surface area contributed by atoms with E-state index in [0.29, 0.717) is 19.4 Å². The molecule has 0 saturated carbocycles. The lowest BCUT2D eigenvalue weighted by Gasteiger charge is -2.20. The van der Waals surface area contributed by atoms with Crippen molar-refractivity contribution in [3.63, 3.8) is 0 Å². The first kappa shape index (κ1) is 76.3. The van der Waals surface area contributed by atoms with Crippen LogP contribution < -0.4 is 5.32 Å². The van der Waals surface area contributed by atoms with Crippen molar-refractivity contribution in [3.05, 3.63) is 24.3 Å². The Kier molecular flexibility index (Phi) is 66.4. The van der Waals surface area contributed by atoms with Gasteiger partial charge >= 0.3 is 5.97 Å². The molecule has 0 rings (SSSR count). The molecule has 0 aliphatic carbocycles. The first-order valence-corrected chi connectivity index (χ1v) is 35.6. The fourth-order valence-corrected chi connectivity index (χ4v) is 11.3. The predicted molar refractivity (Wildman–Crippen MR) is 343 cm³/mol. The predicted octanol–water partition coefficient (Wildman–Crippen LogP) is 22.9. The first-order chi connectivity index (χ1) is 38.5. The zero-order valence-corrected chi connectivity index (χ0v) is 52.9. The second kappa shape index (κ2) is 67.8. The summed E-state index contributed by atoms with van der Waals surface area (Å²) < 4.78 is 5.50. The van der Waals surface area contributed by atoms with E-state index < -0.39 is 12.1 Å². The molecule has 0 heterocycles. The number of aliphatic hydroxyl groups excluding tert-OH is 2. The largest absolute Gasteiger partial charge is 0.466 e. The summed E-state index contributed by atoms with van der Waals surface area (Å²) in [7, 11) is 0. The minimum atomic E-state index is -0.846. The summed E-state index contributed by atoms with van der Waals surface area (Å²) in [4.78, 5) is 24.6. The van der Waals surface area contributed by atoms with Crippen LogP contribution in [0.2, 0.25) is 0 Å². The maximum Gasteiger partial charge on any atom is 0.305 e. The summed E-state index contributed by atoms with van der Waals surface area (Å²) in [5, 5.41) is 23.2. The van der Waals surface area contributed by atoms with Gasteiger partial charge in [-0.2, -0.15) is 0 Å². The van der Waals surface area contributed by atoms with Crippen LogP contribution in [-0.2, 0) is 14.3 Å². The molecule has 2 unspecified atom stereocenters. The molecule has 0 aliphatic rings. The standard InChI is InChI=1S/C72H139NO5/c1-3-5-7-9-11-13-15-17-19-21-30-33-36-40-44-48-52-56-60-64-70(75)69(68-74)73-71(76)65-61-57-53-49-45-41-37-34-31-28-26-24-22-23-25-27-29-32-35-39-43-47-51-55-59-63-67-78-72(77)66-62-58-54-50-46-42-38-20-18-16-14-12-10-8-6-4-2/h22,24,60,64,69-70,74-75H,3-21,23,25-59,61-63,65-68H2,1-2H3,(H,73,76)/b24-22-,64-60+. The number of aliphatic hydroxyl groups is 2. The Balaban J connectivity index is 3.40. The highest BCUT2D eigenvalue weighted by molar-refractivity contribution is 5.76. The lowest BCUT2D eigenvalue weighted by Crippen LogP contribution is -2.45. The summed E-state index contributed by atoms with van der Waals surface area (Å²) in [5.74, 6) is -0.0480. The van der Waals surface area contributed by atoms with Gasteiger partial charge in [-0.25, -0.2) is 0 Å². The van der Waals surface area contributed by atoms with Gasteiger partial charge in [-0.3, -0.25) is 9.59 Å². The van der Waals surface area contributed by atoms with Crippen LogP contribution in [0.3, 0.4) is 0 Å². The summed E-state index contributed by atoms with van der Waals surface area (Å²) >= 11 is 0. The number of rotatable bonds is 67. The molecule has 0 spiro atoms. The third-order valence-corrected chi connectivity index (χ3v) is 16.7. The Hall–Kier alpha value is -1.66. The van der Waals surface area contributed by atoms with Crippen LogP contribution in [0, 0.1) is 0 Å². The summed E-state index contributed by atoms with van der Waals surface area (Å²) in [6.45, 7) is 4.95. The smallest absolute Gasteiger partial charge is 0.305 e. The molecule has 0 radical (unpaired) electrons. The van der Waals surface area contributed by atoms with Gasteiger partial charge in [0.25, 0.3) is 0 Å². The molecule has 3 N–H and O–H groups in total. The molecule has 0 fully saturated rings. The molecule has 78 heavy (non-hydrogen) atoms. The topological polar surface area (TPSA) is 95.9 Å². The third kappa shape index (κ3) is 63.5.